The molecule has 1 N–H and O–H groups in total. The third-order valence-corrected chi connectivity index (χ3v) is 3.84. The Bertz CT molecular complexity index is 670. The molecule has 2 aromatic rings. The van der Waals surface area contributed by atoms with E-state index in [2.05, 4.69) is 11.4 Å². The van der Waals surface area contributed by atoms with Crippen LogP contribution >= 0.6 is 0 Å². The van der Waals surface area contributed by atoms with E-state index in [9.17, 15) is 4.79 Å². The number of carbonyl (C=O) groups is 1. The van der Waals surface area contributed by atoms with Crippen LogP contribution in [0.1, 0.15) is 5.56 Å². The number of amides is 2. The molecule has 2 aromatic carbocycles. The molecule has 0 unspecified atom stereocenters. The molecule has 0 fully saturated rings. The van der Waals surface area contributed by atoms with Crippen LogP contribution in [-0.2, 0) is 6.42 Å². The number of hydrogen-bond donors (Lipinski definition) is 1. The minimum absolute atomic E-state index is 0.0757. The molecule has 0 radical (unpaired) electrons. The van der Waals surface area contributed by atoms with Crippen LogP contribution in [-0.4, -0.2) is 32.8 Å². The van der Waals surface area contributed by atoms with E-state index >= 15 is 0 Å². The summed E-state index contributed by atoms with van der Waals surface area (Å²) in [5, 5.41) is 2.90. The summed E-state index contributed by atoms with van der Waals surface area (Å²) in [5.74, 6) is 1.55. The van der Waals surface area contributed by atoms with Crippen molar-refractivity contribution in [3.63, 3.8) is 0 Å². The lowest BCUT2D eigenvalue weighted by molar-refractivity contribution is 0.242. The monoisotopic (exact) mass is 312 g/mol. The van der Waals surface area contributed by atoms with E-state index in [0.29, 0.717) is 13.2 Å². The van der Waals surface area contributed by atoms with Crippen LogP contribution in [0.4, 0.5) is 10.5 Å². The Kier molecular flexibility index (Phi) is 4.66. The maximum Gasteiger partial charge on any atom is 0.322 e. The average molecular weight is 312 g/mol. The van der Waals surface area contributed by atoms with Crippen molar-refractivity contribution in [1.82, 2.24) is 5.32 Å². The first-order valence-electron chi connectivity index (χ1n) is 7.68. The second kappa shape index (κ2) is 7.05. The van der Waals surface area contributed by atoms with Gasteiger partial charge in [0.05, 0.1) is 13.7 Å². The van der Waals surface area contributed by atoms with Crippen LogP contribution in [0.15, 0.2) is 48.5 Å². The summed E-state index contributed by atoms with van der Waals surface area (Å²) in [6.45, 7) is 1.61. The Morgan fingerprint density at radius 1 is 1.13 bits per heavy atom. The fourth-order valence-electron chi connectivity index (χ4n) is 2.64. The summed E-state index contributed by atoms with van der Waals surface area (Å²) < 4.78 is 10.7. The van der Waals surface area contributed by atoms with Gasteiger partial charge in [0.2, 0.25) is 0 Å². The number of fused-ring (bicyclic) bond motifs is 1. The lowest BCUT2D eigenvalue weighted by atomic mass is 10.2. The molecule has 2 amide bonds. The van der Waals surface area contributed by atoms with Gasteiger partial charge < -0.3 is 14.8 Å². The summed E-state index contributed by atoms with van der Waals surface area (Å²) in [6.07, 6.45) is 0.909. The van der Waals surface area contributed by atoms with Gasteiger partial charge in [-0.05, 0) is 42.3 Å². The summed E-state index contributed by atoms with van der Waals surface area (Å²) >= 11 is 0. The van der Waals surface area contributed by atoms with Crippen molar-refractivity contribution < 1.29 is 14.3 Å². The second-order valence-corrected chi connectivity index (χ2v) is 5.29. The van der Waals surface area contributed by atoms with Gasteiger partial charge in [0.25, 0.3) is 0 Å². The van der Waals surface area contributed by atoms with Crippen molar-refractivity contribution in [2.45, 2.75) is 6.42 Å². The van der Waals surface area contributed by atoms with Crippen molar-refractivity contribution in [2.75, 3.05) is 31.7 Å². The number of ether oxygens (including phenoxy) is 2. The van der Waals surface area contributed by atoms with Crippen LogP contribution in [0.5, 0.6) is 11.5 Å². The number of hydrogen-bond acceptors (Lipinski definition) is 3. The predicted molar refractivity (Wildman–Crippen MR) is 89.4 cm³/mol. The Morgan fingerprint density at radius 3 is 2.65 bits per heavy atom. The topological polar surface area (TPSA) is 50.8 Å². The zero-order valence-corrected chi connectivity index (χ0v) is 13.1. The molecule has 120 valence electrons. The first-order chi connectivity index (χ1) is 11.3. The normalized spacial score (nSPS) is 12.7. The van der Waals surface area contributed by atoms with Crippen molar-refractivity contribution in [3.8, 4) is 11.5 Å². The molecular formula is C18H20N2O3. The molecule has 5 heteroatoms. The highest BCUT2D eigenvalue weighted by atomic mass is 16.5. The molecule has 0 saturated carbocycles. The molecule has 1 heterocycles. The molecular weight excluding hydrogens is 292 g/mol. The molecule has 1 aliphatic heterocycles. The first-order valence-corrected chi connectivity index (χ1v) is 7.68. The number of anilines is 1. The van der Waals surface area contributed by atoms with Gasteiger partial charge in [-0.1, -0.05) is 18.2 Å². The smallest absolute Gasteiger partial charge is 0.322 e. The average Bonchev–Trinajstić information content (AvgIpc) is 3.03. The first kappa shape index (κ1) is 15.2. The van der Waals surface area contributed by atoms with E-state index in [-0.39, 0.29) is 6.03 Å². The van der Waals surface area contributed by atoms with Crippen molar-refractivity contribution >= 4 is 11.7 Å². The van der Waals surface area contributed by atoms with Crippen LogP contribution in [0.2, 0.25) is 0 Å². The molecule has 0 aromatic heterocycles. The largest absolute Gasteiger partial charge is 0.497 e. The number of urea groups is 1. The Labute approximate surface area is 135 Å². The maximum atomic E-state index is 12.2. The molecule has 0 spiro atoms. The van der Waals surface area contributed by atoms with E-state index in [1.807, 2.05) is 42.5 Å². The number of carbonyl (C=O) groups excluding carboxylic acids is 1. The Balaban J connectivity index is 1.45. The highest BCUT2D eigenvalue weighted by Crippen LogP contribution is 2.27. The van der Waals surface area contributed by atoms with Crippen molar-refractivity contribution in [3.05, 3.63) is 54.1 Å². The maximum absolute atomic E-state index is 12.2. The number of methoxy groups -OCH3 is 1. The van der Waals surface area contributed by atoms with E-state index in [0.717, 1.165) is 30.2 Å². The molecule has 0 bridgehead atoms. The van der Waals surface area contributed by atoms with Crippen molar-refractivity contribution in [2.24, 2.45) is 0 Å². The Hall–Kier alpha value is -2.69. The third-order valence-electron chi connectivity index (χ3n) is 3.84. The zero-order valence-electron chi connectivity index (χ0n) is 13.1. The van der Waals surface area contributed by atoms with E-state index in [1.54, 1.807) is 12.0 Å². The summed E-state index contributed by atoms with van der Waals surface area (Å²) in [4.78, 5) is 14.0. The van der Waals surface area contributed by atoms with Gasteiger partial charge in [-0.15, -0.1) is 0 Å². The van der Waals surface area contributed by atoms with Gasteiger partial charge in [0, 0.05) is 12.2 Å². The van der Waals surface area contributed by atoms with E-state index in [1.165, 1.54) is 5.56 Å². The number of para-hydroxylation sites is 1. The number of nitrogens with zero attached hydrogens (tertiary/aromatic N) is 1. The number of nitrogens with one attached hydrogen (secondary N) is 1. The summed E-state index contributed by atoms with van der Waals surface area (Å²) in [5.41, 5.74) is 2.22. The highest BCUT2D eigenvalue weighted by Gasteiger charge is 2.23. The molecule has 0 saturated heterocycles. The van der Waals surface area contributed by atoms with E-state index in [4.69, 9.17) is 9.47 Å². The third kappa shape index (κ3) is 3.56. The SMILES string of the molecule is COc1ccc(OCCNC(=O)N2CCc3ccccc32)cc1. The van der Waals surface area contributed by atoms with Gasteiger partial charge in [-0.3, -0.25) is 4.90 Å². The van der Waals surface area contributed by atoms with Crippen LogP contribution in [0.3, 0.4) is 0 Å². The molecule has 1 aliphatic rings. The number of rotatable bonds is 5. The summed E-state index contributed by atoms with van der Waals surface area (Å²) in [6, 6.07) is 15.3. The lowest BCUT2D eigenvalue weighted by Gasteiger charge is -2.18. The summed E-state index contributed by atoms with van der Waals surface area (Å²) in [7, 11) is 1.63. The molecule has 3 rings (SSSR count). The standard InChI is InChI=1S/C18H20N2O3/c1-22-15-6-8-16(9-7-15)23-13-11-19-18(21)20-12-10-14-4-2-3-5-17(14)20/h2-9H,10-13H2,1H3,(H,19,21). The minimum Gasteiger partial charge on any atom is -0.497 e. The van der Waals surface area contributed by atoms with Gasteiger partial charge in [-0.25, -0.2) is 4.79 Å². The molecule has 5 nitrogen and oxygen atoms in total. The minimum atomic E-state index is -0.0757. The van der Waals surface area contributed by atoms with Gasteiger partial charge in [0.1, 0.15) is 18.1 Å². The van der Waals surface area contributed by atoms with Gasteiger partial charge in [0.15, 0.2) is 0 Å². The Morgan fingerprint density at radius 2 is 1.87 bits per heavy atom. The quantitative estimate of drug-likeness (QED) is 0.864. The van der Waals surface area contributed by atoms with E-state index < -0.39 is 0 Å². The fourth-order valence-corrected chi connectivity index (χ4v) is 2.64. The second-order valence-electron chi connectivity index (χ2n) is 5.29. The fraction of sp³-hybridized carbons (Fsp3) is 0.278. The molecule has 0 atom stereocenters. The zero-order chi connectivity index (χ0) is 16.1. The van der Waals surface area contributed by atoms with Gasteiger partial charge >= 0.3 is 6.03 Å². The number of benzene rings is 2. The predicted octanol–water partition coefficient (Wildman–Crippen LogP) is 2.85. The van der Waals surface area contributed by atoms with Crippen LogP contribution in [0, 0.1) is 0 Å². The van der Waals surface area contributed by atoms with Crippen molar-refractivity contribution in [1.29, 1.82) is 0 Å². The van der Waals surface area contributed by atoms with Crippen LogP contribution in [0.25, 0.3) is 0 Å². The molecule has 23 heavy (non-hydrogen) atoms. The highest BCUT2D eigenvalue weighted by molar-refractivity contribution is 5.94. The van der Waals surface area contributed by atoms with Crippen LogP contribution < -0.4 is 19.7 Å². The lowest BCUT2D eigenvalue weighted by Crippen LogP contribution is -2.40. The molecule has 0 aliphatic carbocycles. The van der Waals surface area contributed by atoms with Gasteiger partial charge in [-0.2, -0.15) is 0 Å².